The average Bonchev–Trinajstić information content (AvgIpc) is 4.18. The number of rotatable bonds is 14. The number of H-pyrrole nitrogens is 2. The van der Waals surface area contributed by atoms with Gasteiger partial charge >= 0.3 is 0 Å². The zero-order chi connectivity index (χ0) is 51.3. The quantitative estimate of drug-likeness (QED) is 0.0677. The smallest absolute Gasteiger partial charge is 0.264 e. The van der Waals surface area contributed by atoms with Gasteiger partial charge in [0, 0.05) is 63.6 Å². The molecule has 376 valence electrons. The summed E-state index contributed by atoms with van der Waals surface area (Å²) in [5.74, 6) is -0.471. The van der Waals surface area contributed by atoms with E-state index in [0.29, 0.717) is 35.6 Å². The highest BCUT2D eigenvalue weighted by Crippen LogP contribution is 2.60. The van der Waals surface area contributed by atoms with E-state index in [1.165, 1.54) is 0 Å². The second-order valence-corrected chi connectivity index (χ2v) is 25.4. The molecule has 5 atom stereocenters. The van der Waals surface area contributed by atoms with E-state index in [2.05, 4.69) is 58.8 Å². The number of hydrogen-bond donors (Lipinski definition) is 5. The van der Waals surface area contributed by atoms with Crippen LogP contribution in [0.3, 0.4) is 0 Å². The van der Waals surface area contributed by atoms with Gasteiger partial charge in [0.25, 0.3) is 5.91 Å². The number of anilines is 3. The van der Waals surface area contributed by atoms with Crippen molar-refractivity contribution in [2.75, 3.05) is 29.3 Å². The minimum absolute atomic E-state index is 0.000834. The van der Waals surface area contributed by atoms with Gasteiger partial charge in [-0.15, -0.1) is 0 Å². The zero-order valence-electron chi connectivity index (χ0n) is 42.0. The Morgan fingerprint density at radius 1 is 0.770 bits per heavy atom. The lowest BCUT2D eigenvalue weighted by atomic mass is 9.82. The molecule has 0 aliphatic carbocycles. The van der Waals surface area contributed by atoms with Gasteiger partial charge in [0.05, 0.1) is 65.4 Å². The Bertz CT molecular complexity index is 3440. The molecule has 74 heavy (non-hydrogen) atoms. The molecule has 1 saturated heterocycles. The summed E-state index contributed by atoms with van der Waals surface area (Å²) in [5.41, 5.74) is 7.31. The molecule has 1 spiro atoms. The SMILES string of the molecule is COc1ccc([Si](C)(C)[C@H]2[C@H](CC(=O)N3Cc4ccccc4C[C@H]3CO)O[C@@]3(C(=O)N(Cc4ccc(NC(=O)Cc5c[nH]c6ccccc56)cc4)c4ccc(NC(=O)Cc5c[nH]c6ccccc56)cc43)[C@@H]2C)cc1. The highest BCUT2D eigenvalue weighted by molar-refractivity contribution is 6.91. The molecule has 5 heterocycles. The maximum Gasteiger partial charge on any atom is 0.264 e. The van der Waals surface area contributed by atoms with Gasteiger partial charge < -0.3 is 45.0 Å². The lowest BCUT2D eigenvalue weighted by Gasteiger charge is -2.39. The number of nitrogens with one attached hydrogen (secondary N) is 4. The van der Waals surface area contributed by atoms with E-state index in [-0.39, 0.29) is 61.6 Å². The molecule has 1 fully saturated rings. The van der Waals surface area contributed by atoms with Crippen molar-refractivity contribution in [2.24, 2.45) is 5.92 Å². The number of aliphatic hydroxyl groups is 1. The molecule has 2 aromatic heterocycles. The molecule has 5 N–H and O–H groups in total. The van der Waals surface area contributed by atoms with Gasteiger partial charge in [0.1, 0.15) is 5.75 Å². The maximum atomic E-state index is 15.9. The van der Waals surface area contributed by atoms with E-state index in [1.807, 2.05) is 134 Å². The normalized spacial score (nSPS) is 20.3. The van der Waals surface area contributed by atoms with E-state index in [9.17, 15) is 19.5 Å². The first-order valence-electron chi connectivity index (χ1n) is 25.4. The largest absolute Gasteiger partial charge is 0.497 e. The van der Waals surface area contributed by atoms with E-state index >= 15 is 4.79 Å². The van der Waals surface area contributed by atoms with Crippen LogP contribution < -0.4 is 25.5 Å². The van der Waals surface area contributed by atoms with Crippen molar-refractivity contribution in [3.63, 3.8) is 0 Å². The van der Waals surface area contributed by atoms with Gasteiger partial charge in [-0.3, -0.25) is 19.2 Å². The number of fused-ring (bicyclic) bond motifs is 5. The fraction of sp³-hybridized carbons (Fsp3) is 0.267. The third kappa shape index (κ3) is 8.75. The molecule has 0 radical (unpaired) electrons. The molecule has 11 rings (SSSR count). The van der Waals surface area contributed by atoms with Crippen molar-refractivity contribution in [3.05, 3.63) is 185 Å². The highest BCUT2D eigenvalue weighted by atomic mass is 28.3. The number of carbonyl (C=O) groups excluding carboxylic acids is 4. The van der Waals surface area contributed by atoms with Gasteiger partial charge in [-0.05, 0) is 94.4 Å². The minimum Gasteiger partial charge on any atom is -0.497 e. The van der Waals surface area contributed by atoms with Crippen LogP contribution in [0.2, 0.25) is 18.6 Å². The molecule has 0 saturated carbocycles. The Morgan fingerprint density at radius 2 is 1.36 bits per heavy atom. The Kier molecular flexibility index (Phi) is 12.8. The molecular formula is C60H60N6O7Si. The molecule has 4 amide bonds. The number of amides is 4. The predicted octanol–water partition coefficient (Wildman–Crippen LogP) is 9.12. The molecule has 6 aromatic carbocycles. The number of ether oxygens (including phenoxy) is 2. The van der Waals surface area contributed by atoms with Crippen LogP contribution in [0.5, 0.6) is 5.75 Å². The van der Waals surface area contributed by atoms with Crippen LogP contribution in [0.25, 0.3) is 21.8 Å². The number of para-hydroxylation sites is 2. The Morgan fingerprint density at radius 3 is 2.00 bits per heavy atom. The van der Waals surface area contributed by atoms with E-state index in [1.54, 1.807) is 16.9 Å². The van der Waals surface area contributed by atoms with Gasteiger partial charge in [-0.2, -0.15) is 0 Å². The summed E-state index contributed by atoms with van der Waals surface area (Å²) in [4.78, 5) is 68.1. The lowest BCUT2D eigenvalue weighted by Crippen LogP contribution is -2.52. The Labute approximate surface area is 430 Å². The summed E-state index contributed by atoms with van der Waals surface area (Å²) in [5, 5.41) is 20.0. The number of aromatic nitrogens is 2. The number of aromatic amines is 2. The van der Waals surface area contributed by atoms with Crippen molar-refractivity contribution in [1.29, 1.82) is 0 Å². The van der Waals surface area contributed by atoms with Crippen LogP contribution in [0.4, 0.5) is 17.1 Å². The number of hydrogen-bond acceptors (Lipinski definition) is 7. The van der Waals surface area contributed by atoms with Gasteiger partial charge in [-0.1, -0.05) is 110 Å². The van der Waals surface area contributed by atoms with Gasteiger partial charge in [0.2, 0.25) is 17.7 Å². The van der Waals surface area contributed by atoms with E-state index in [4.69, 9.17) is 9.47 Å². The average molecular weight is 1010 g/mol. The number of nitrogens with zero attached hydrogens (tertiary/aromatic N) is 2. The predicted molar refractivity (Wildman–Crippen MR) is 291 cm³/mol. The van der Waals surface area contributed by atoms with E-state index < -0.39 is 31.7 Å². The fourth-order valence-corrected chi connectivity index (χ4v) is 16.3. The van der Waals surface area contributed by atoms with Crippen LogP contribution in [0.1, 0.15) is 46.7 Å². The van der Waals surface area contributed by atoms with Crippen molar-refractivity contribution < 1.29 is 33.8 Å². The molecule has 3 aliphatic heterocycles. The zero-order valence-corrected chi connectivity index (χ0v) is 43.0. The summed E-state index contributed by atoms with van der Waals surface area (Å²) in [6.07, 6.45) is 3.91. The molecule has 14 heteroatoms. The Hall–Kier alpha value is -7.78. The molecular weight excluding hydrogens is 945 g/mol. The lowest BCUT2D eigenvalue weighted by molar-refractivity contribution is -0.151. The monoisotopic (exact) mass is 1000 g/mol. The topological polar surface area (TPSA) is 169 Å². The fourth-order valence-electron chi connectivity index (χ4n) is 12.3. The second kappa shape index (κ2) is 19.6. The summed E-state index contributed by atoms with van der Waals surface area (Å²) < 4.78 is 13.0. The van der Waals surface area contributed by atoms with Crippen molar-refractivity contribution in [1.82, 2.24) is 14.9 Å². The first-order valence-corrected chi connectivity index (χ1v) is 28.5. The standard InChI is InChI=1S/C60H60N6O7Si/c1-37-58(74(3,4)47-24-22-46(72-2)23-25-47)54(31-57(70)65-35-40-12-6-5-11-39(40)27-45(65)36-67)73-60(37)50-30-44(64-56(69)29-42-33-62-52-16-10-8-14-49(42)52)21-26-53(50)66(59(60)71)34-38-17-19-43(20-18-38)63-55(68)28-41-32-61-51-15-9-7-13-48(41)51/h5-26,30,32-33,37,45,54,58,61-62,67H,27-29,31,34-36H2,1-4H3,(H,63,68)(H,64,69)/t37-,45+,54+,58-,60+/m1/s1. The molecule has 3 aliphatic rings. The Balaban J connectivity index is 0.935. The maximum absolute atomic E-state index is 15.9. The van der Waals surface area contributed by atoms with E-state index in [0.717, 1.165) is 60.6 Å². The molecule has 0 unspecified atom stereocenters. The molecule has 8 aromatic rings. The van der Waals surface area contributed by atoms with Crippen LogP contribution >= 0.6 is 0 Å². The molecule has 13 nitrogen and oxygen atoms in total. The van der Waals surface area contributed by atoms with Crippen molar-refractivity contribution >= 4 is 75.8 Å². The van der Waals surface area contributed by atoms with Crippen LogP contribution in [0, 0.1) is 5.92 Å². The van der Waals surface area contributed by atoms with Gasteiger partial charge in [-0.25, -0.2) is 0 Å². The highest BCUT2D eigenvalue weighted by Gasteiger charge is 2.66. The third-order valence-electron chi connectivity index (χ3n) is 16.0. The number of methoxy groups -OCH3 is 1. The summed E-state index contributed by atoms with van der Waals surface area (Å²) in [7, 11) is -1.04. The number of carbonyl (C=O) groups is 4. The van der Waals surface area contributed by atoms with Crippen LogP contribution in [-0.4, -0.2) is 77.5 Å². The first-order chi connectivity index (χ1) is 35.8. The minimum atomic E-state index is -2.68. The first kappa shape index (κ1) is 48.5. The van der Waals surface area contributed by atoms with Crippen LogP contribution in [0.15, 0.2) is 152 Å². The third-order valence-corrected chi connectivity index (χ3v) is 20.4. The van der Waals surface area contributed by atoms with Crippen molar-refractivity contribution in [3.8, 4) is 5.75 Å². The second-order valence-electron chi connectivity index (χ2n) is 20.7. The summed E-state index contributed by atoms with van der Waals surface area (Å²) in [6.45, 7) is 7.02. The molecule has 0 bridgehead atoms. The van der Waals surface area contributed by atoms with Crippen molar-refractivity contribution in [2.45, 2.75) is 82.1 Å². The van der Waals surface area contributed by atoms with Gasteiger partial charge in [0.15, 0.2) is 5.60 Å². The summed E-state index contributed by atoms with van der Waals surface area (Å²) >= 11 is 0. The number of benzene rings is 6. The van der Waals surface area contributed by atoms with Crippen LogP contribution in [-0.2, 0) is 61.9 Å². The number of aliphatic hydroxyl groups excluding tert-OH is 1. The summed E-state index contributed by atoms with van der Waals surface area (Å²) in [6, 6.07) is 44.6.